The number of hydrogen-bond donors (Lipinski definition) is 2. The van der Waals surface area contributed by atoms with Gasteiger partial charge in [-0.05, 0) is 26.2 Å². The zero-order chi connectivity index (χ0) is 20.5. The fourth-order valence-corrected chi connectivity index (χ4v) is 3.13. The molecule has 1 aliphatic heterocycles. The Kier molecular flexibility index (Phi) is 7.66. The summed E-state index contributed by atoms with van der Waals surface area (Å²) in [6.07, 6.45) is 9.38. The number of fused-ring (bicyclic) bond motifs is 1. The van der Waals surface area contributed by atoms with Gasteiger partial charge in [0.2, 0.25) is 0 Å². The molecule has 0 spiro atoms. The molecule has 1 aliphatic rings. The van der Waals surface area contributed by atoms with Gasteiger partial charge >= 0.3 is 5.97 Å². The molecule has 2 heterocycles. The number of aromatic nitrogens is 2. The molecule has 3 rings (SSSR count). The number of carbonyl (C=O) groups is 1. The molecule has 0 amide bonds. The maximum absolute atomic E-state index is 10.5. The second-order valence-corrected chi connectivity index (χ2v) is 6.93. The van der Waals surface area contributed by atoms with E-state index >= 15 is 0 Å². The van der Waals surface area contributed by atoms with Gasteiger partial charge in [-0.2, -0.15) is 10.2 Å². The quantitative estimate of drug-likeness (QED) is 0.288. The lowest BCUT2D eigenvalue weighted by atomic mass is 9.98. The molecule has 1 aromatic carbocycles. The summed E-state index contributed by atoms with van der Waals surface area (Å²) in [5, 5.41) is 23.1. The first-order valence-corrected chi connectivity index (χ1v) is 9.77. The van der Waals surface area contributed by atoms with Crippen molar-refractivity contribution < 1.29 is 19.4 Å². The lowest BCUT2D eigenvalue weighted by molar-refractivity contribution is -0.206. The lowest BCUT2D eigenvalue weighted by Gasteiger charge is -2.32. The molecule has 0 saturated carbocycles. The molecule has 3 atom stereocenters. The van der Waals surface area contributed by atoms with E-state index in [2.05, 4.69) is 26.8 Å². The van der Waals surface area contributed by atoms with E-state index in [0.717, 1.165) is 23.6 Å². The van der Waals surface area contributed by atoms with Crippen molar-refractivity contribution in [1.29, 1.82) is 0 Å². The molecule has 29 heavy (non-hydrogen) atoms. The van der Waals surface area contributed by atoms with Crippen LogP contribution in [-0.4, -0.2) is 46.5 Å². The van der Waals surface area contributed by atoms with E-state index in [4.69, 9.17) is 14.6 Å². The SMILES string of the molecule is C[C@@H]1OC[C@H](CC=CCCCC(=O)O)[C@H](C=NNc2nncc3ccccc23)O1. The van der Waals surface area contributed by atoms with Crippen LogP contribution in [0.4, 0.5) is 5.82 Å². The third-order valence-electron chi connectivity index (χ3n) is 4.69. The first kappa shape index (κ1) is 20.9. The highest BCUT2D eigenvalue weighted by atomic mass is 16.7. The van der Waals surface area contributed by atoms with Crippen LogP contribution in [0, 0.1) is 5.92 Å². The Morgan fingerprint density at radius 1 is 1.38 bits per heavy atom. The van der Waals surface area contributed by atoms with Crippen molar-refractivity contribution in [3.63, 3.8) is 0 Å². The standard InChI is InChI=1S/C21H26N4O4/c1-15-28-14-17(9-4-2-3-5-11-20(26)27)19(29-15)13-23-25-21-18-10-7-6-8-16(18)12-22-24-21/h2,4,6-8,10,12-13,15,17,19H,3,5,9,11,14H2,1H3,(H,24,25)(H,26,27)/t15-,17+,19+/m1/s1. The molecule has 8 nitrogen and oxygen atoms in total. The van der Waals surface area contributed by atoms with E-state index in [1.54, 1.807) is 12.4 Å². The fraction of sp³-hybridized carbons (Fsp3) is 0.429. The van der Waals surface area contributed by atoms with E-state index in [1.807, 2.05) is 37.3 Å². The van der Waals surface area contributed by atoms with Crippen molar-refractivity contribution in [3.05, 3.63) is 42.6 Å². The van der Waals surface area contributed by atoms with Gasteiger partial charge in [0, 0.05) is 23.1 Å². The molecule has 0 radical (unpaired) electrons. The zero-order valence-corrected chi connectivity index (χ0v) is 16.4. The van der Waals surface area contributed by atoms with Crippen molar-refractivity contribution in [1.82, 2.24) is 10.2 Å². The van der Waals surface area contributed by atoms with Crippen LogP contribution in [0.5, 0.6) is 0 Å². The Morgan fingerprint density at radius 2 is 2.24 bits per heavy atom. The normalized spacial score (nSPS) is 22.4. The summed E-state index contributed by atoms with van der Waals surface area (Å²) in [6.45, 7) is 2.44. The van der Waals surface area contributed by atoms with Crippen molar-refractivity contribution in [2.45, 2.75) is 45.0 Å². The number of rotatable bonds is 9. The summed E-state index contributed by atoms with van der Waals surface area (Å²) in [7, 11) is 0. The van der Waals surface area contributed by atoms with Gasteiger partial charge in [-0.15, -0.1) is 5.10 Å². The summed E-state index contributed by atoms with van der Waals surface area (Å²) in [6, 6.07) is 7.84. The smallest absolute Gasteiger partial charge is 0.303 e. The number of nitrogens with zero attached hydrogens (tertiary/aromatic N) is 3. The molecular weight excluding hydrogens is 372 g/mol. The number of ether oxygens (including phenoxy) is 2. The summed E-state index contributed by atoms with van der Waals surface area (Å²) < 4.78 is 11.5. The Bertz CT molecular complexity index is 865. The molecule has 1 aromatic heterocycles. The van der Waals surface area contributed by atoms with E-state index < -0.39 is 5.97 Å². The van der Waals surface area contributed by atoms with E-state index in [1.165, 1.54) is 0 Å². The van der Waals surface area contributed by atoms with Crippen LogP contribution in [-0.2, 0) is 14.3 Å². The van der Waals surface area contributed by atoms with Crippen LogP contribution in [0.15, 0.2) is 47.7 Å². The monoisotopic (exact) mass is 398 g/mol. The number of aliphatic carboxylic acids is 1. The average Bonchev–Trinajstić information content (AvgIpc) is 2.72. The van der Waals surface area contributed by atoms with Gasteiger partial charge in [0.1, 0.15) is 6.10 Å². The molecule has 154 valence electrons. The third kappa shape index (κ3) is 6.33. The highest BCUT2D eigenvalue weighted by Crippen LogP contribution is 2.22. The van der Waals surface area contributed by atoms with Crippen LogP contribution in [0.2, 0.25) is 0 Å². The molecule has 0 unspecified atom stereocenters. The molecule has 0 bridgehead atoms. The van der Waals surface area contributed by atoms with Crippen LogP contribution >= 0.6 is 0 Å². The van der Waals surface area contributed by atoms with Crippen molar-refractivity contribution in [2.75, 3.05) is 12.0 Å². The Labute approximate surface area is 169 Å². The number of nitrogens with one attached hydrogen (secondary N) is 1. The maximum atomic E-state index is 10.5. The number of hydrazone groups is 1. The van der Waals surface area contributed by atoms with Crippen LogP contribution in [0.1, 0.15) is 32.6 Å². The molecular formula is C21H26N4O4. The van der Waals surface area contributed by atoms with Crippen LogP contribution in [0.25, 0.3) is 10.8 Å². The summed E-state index contributed by atoms with van der Waals surface area (Å²) in [4.78, 5) is 10.5. The highest BCUT2D eigenvalue weighted by molar-refractivity contribution is 5.90. The highest BCUT2D eigenvalue weighted by Gasteiger charge is 2.28. The number of benzene rings is 1. The van der Waals surface area contributed by atoms with Gasteiger partial charge in [0.25, 0.3) is 0 Å². The molecule has 2 aromatic rings. The minimum absolute atomic E-state index is 0.131. The maximum Gasteiger partial charge on any atom is 0.303 e. The van der Waals surface area contributed by atoms with E-state index in [9.17, 15) is 4.79 Å². The summed E-state index contributed by atoms with van der Waals surface area (Å²) in [5.41, 5.74) is 2.97. The second-order valence-electron chi connectivity index (χ2n) is 6.93. The third-order valence-corrected chi connectivity index (χ3v) is 4.69. The van der Waals surface area contributed by atoms with Gasteiger partial charge in [0.15, 0.2) is 12.1 Å². The fourth-order valence-electron chi connectivity index (χ4n) is 3.13. The first-order chi connectivity index (χ1) is 14.1. The zero-order valence-electron chi connectivity index (χ0n) is 16.4. The lowest BCUT2D eigenvalue weighted by Crippen LogP contribution is -2.39. The van der Waals surface area contributed by atoms with Gasteiger partial charge in [-0.25, -0.2) is 0 Å². The number of allylic oxidation sites excluding steroid dienone is 2. The Hall–Kier alpha value is -2.84. The topological polar surface area (TPSA) is 106 Å². The average molecular weight is 398 g/mol. The largest absolute Gasteiger partial charge is 0.481 e. The Balaban J connectivity index is 1.57. The van der Waals surface area contributed by atoms with Gasteiger partial charge in [-0.3, -0.25) is 10.2 Å². The van der Waals surface area contributed by atoms with Crippen LogP contribution in [0.3, 0.4) is 0 Å². The van der Waals surface area contributed by atoms with E-state index in [-0.39, 0.29) is 24.7 Å². The number of carboxylic acid groups (broad SMARTS) is 1. The molecule has 1 saturated heterocycles. The molecule has 0 aliphatic carbocycles. The van der Waals surface area contributed by atoms with Gasteiger partial charge in [0.05, 0.1) is 19.0 Å². The van der Waals surface area contributed by atoms with Crippen molar-refractivity contribution >= 4 is 28.8 Å². The van der Waals surface area contributed by atoms with Crippen molar-refractivity contribution in [2.24, 2.45) is 11.0 Å². The number of hydrogen-bond acceptors (Lipinski definition) is 7. The number of carboxylic acids is 1. The van der Waals surface area contributed by atoms with Gasteiger partial charge < -0.3 is 14.6 Å². The second kappa shape index (κ2) is 10.6. The predicted molar refractivity (Wildman–Crippen MR) is 111 cm³/mol. The minimum atomic E-state index is -0.763. The minimum Gasteiger partial charge on any atom is -0.481 e. The molecule has 2 N–H and O–H groups in total. The Morgan fingerprint density at radius 3 is 3.10 bits per heavy atom. The number of unbranched alkanes of at least 4 members (excludes halogenated alkanes) is 1. The summed E-state index contributed by atoms with van der Waals surface area (Å²) in [5.74, 6) is -0.0402. The first-order valence-electron chi connectivity index (χ1n) is 9.77. The van der Waals surface area contributed by atoms with Crippen molar-refractivity contribution in [3.8, 4) is 0 Å². The van der Waals surface area contributed by atoms with E-state index in [0.29, 0.717) is 18.8 Å². The van der Waals surface area contributed by atoms with Gasteiger partial charge in [-0.1, -0.05) is 36.4 Å². The van der Waals surface area contributed by atoms with Crippen LogP contribution < -0.4 is 5.43 Å². The molecule has 1 fully saturated rings. The summed E-state index contributed by atoms with van der Waals surface area (Å²) >= 11 is 0. The predicted octanol–water partition coefficient (Wildman–Crippen LogP) is 3.61. The molecule has 8 heteroatoms. The number of anilines is 1.